The molecular weight excluding hydrogens is 310 g/mol. The summed E-state index contributed by atoms with van der Waals surface area (Å²) in [5, 5.41) is 3.07. The molecule has 3 rings (SSSR count). The van der Waals surface area contributed by atoms with Gasteiger partial charge in [-0.1, -0.05) is 60.2 Å². The van der Waals surface area contributed by atoms with Gasteiger partial charge in [-0.05, 0) is 44.0 Å². The summed E-state index contributed by atoms with van der Waals surface area (Å²) in [4.78, 5) is 15.0. The highest BCUT2D eigenvalue weighted by molar-refractivity contribution is 5.82. The Labute approximate surface area is 150 Å². The van der Waals surface area contributed by atoms with E-state index < -0.39 is 6.04 Å². The van der Waals surface area contributed by atoms with Crippen LogP contribution in [0.2, 0.25) is 0 Å². The molecule has 1 fully saturated rings. The predicted molar refractivity (Wildman–Crippen MR) is 101 cm³/mol. The first-order valence-electron chi connectivity index (χ1n) is 9.04. The van der Waals surface area contributed by atoms with E-state index in [9.17, 15) is 4.79 Å². The second kappa shape index (κ2) is 8.28. The molecule has 0 aromatic heterocycles. The van der Waals surface area contributed by atoms with E-state index in [0.717, 1.165) is 24.2 Å². The molecule has 2 aromatic carbocycles. The summed E-state index contributed by atoms with van der Waals surface area (Å²) in [5.74, 6) is -0.121. The third-order valence-electron chi connectivity index (χ3n) is 4.95. The number of nitrogens with one attached hydrogen (secondary N) is 1. The van der Waals surface area contributed by atoms with Gasteiger partial charge in [0.25, 0.3) is 0 Å². The maximum atomic E-state index is 12.5. The number of amides is 1. The van der Waals surface area contributed by atoms with Gasteiger partial charge < -0.3 is 11.1 Å². The van der Waals surface area contributed by atoms with E-state index in [-0.39, 0.29) is 11.9 Å². The summed E-state index contributed by atoms with van der Waals surface area (Å²) in [6, 6.07) is 17.8. The molecule has 1 amide bonds. The minimum absolute atomic E-state index is 0.121. The van der Waals surface area contributed by atoms with Gasteiger partial charge in [-0.3, -0.25) is 9.69 Å². The summed E-state index contributed by atoms with van der Waals surface area (Å²) < 4.78 is 0. The lowest BCUT2D eigenvalue weighted by molar-refractivity contribution is -0.122. The van der Waals surface area contributed by atoms with Crippen molar-refractivity contribution < 1.29 is 4.79 Å². The number of carbonyl (C=O) groups excluding carboxylic acids is 1. The summed E-state index contributed by atoms with van der Waals surface area (Å²) in [6.45, 7) is 4.77. The highest BCUT2D eigenvalue weighted by Crippen LogP contribution is 2.24. The molecule has 2 aromatic rings. The van der Waals surface area contributed by atoms with Gasteiger partial charge in [0.15, 0.2) is 0 Å². The minimum Gasteiger partial charge on any atom is -0.353 e. The van der Waals surface area contributed by atoms with Gasteiger partial charge in [0.05, 0.1) is 6.04 Å². The number of hydrogen-bond donors (Lipinski definition) is 2. The molecule has 0 spiro atoms. The van der Waals surface area contributed by atoms with Crippen LogP contribution in [-0.2, 0) is 4.79 Å². The number of benzene rings is 2. The molecule has 4 nitrogen and oxygen atoms in total. The molecule has 0 saturated carbocycles. The highest BCUT2D eigenvalue weighted by atomic mass is 16.2. The molecule has 1 aliphatic heterocycles. The van der Waals surface area contributed by atoms with Crippen molar-refractivity contribution in [1.82, 2.24) is 10.2 Å². The molecule has 1 aliphatic rings. The molecule has 3 N–H and O–H groups in total. The first-order valence-corrected chi connectivity index (χ1v) is 9.04. The Morgan fingerprint density at radius 1 is 1.04 bits per heavy atom. The Morgan fingerprint density at radius 3 is 2.32 bits per heavy atom. The summed E-state index contributed by atoms with van der Waals surface area (Å²) >= 11 is 0. The zero-order chi connectivity index (χ0) is 17.6. The molecule has 2 unspecified atom stereocenters. The van der Waals surface area contributed by atoms with Gasteiger partial charge in [-0.25, -0.2) is 0 Å². The average molecular weight is 337 g/mol. The summed E-state index contributed by atoms with van der Waals surface area (Å²) in [7, 11) is 0. The number of likely N-dealkylation sites (tertiary alicyclic amines) is 1. The number of hydrogen-bond acceptors (Lipinski definition) is 3. The Balaban J connectivity index is 1.66. The fourth-order valence-corrected chi connectivity index (χ4v) is 3.42. The van der Waals surface area contributed by atoms with E-state index in [0.29, 0.717) is 6.54 Å². The molecule has 4 heteroatoms. The molecule has 0 bridgehead atoms. The van der Waals surface area contributed by atoms with E-state index in [1.54, 1.807) is 0 Å². The zero-order valence-corrected chi connectivity index (χ0v) is 14.8. The summed E-state index contributed by atoms with van der Waals surface area (Å²) in [5.41, 5.74) is 9.39. The van der Waals surface area contributed by atoms with Crippen molar-refractivity contribution >= 4 is 5.91 Å². The first kappa shape index (κ1) is 17.6. The van der Waals surface area contributed by atoms with Crippen LogP contribution in [-0.4, -0.2) is 30.4 Å². The maximum absolute atomic E-state index is 12.5. The second-order valence-electron chi connectivity index (χ2n) is 6.80. The van der Waals surface area contributed by atoms with Crippen LogP contribution in [0.5, 0.6) is 0 Å². The Hall–Kier alpha value is -2.17. The smallest absolute Gasteiger partial charge is 0.241 e. The minimum atomic E-state index is -0.629. The normalized spacial score (nSPS) is 17.2. The van der Waals surface area contributed by atoms with Crippen molar-refractivity contribution in [3.63, 3.8) is 0 Å². The monoisotopic (exact) mass is 337 g/mol. The third-order valence-corrected chi connectivity index (χ3v) is 4.95. The SMILES string of the molecule is Cc1ccc(C(N)C(=O)NCC(c2ccccc2)N2CCCC2)cc1. The highest BCUT2D eigenvalue weighted by Gasteiger charge is 2.25. The van der Waals surface area contributed by atoms with E-state index in [1.165, 1.54) is 18.4 Å². The fraction of sp³-hybridized carbons (Fsp3) is 0.381. The molecular formula is C21H27N3O. The maximum Gasteiger partial charge on any atom is 0.241 e. The molecule has 2 atom stereocenters. The number of nitrogens with two attached hydrogens (primary N) is 1. The molecule has 1 heterocycles. The summed E-state index contributed by atoms with van der Waals surface area (Å²) in [6.07, 6.45) is 2.44. The first-order chi connectivity index (χ1) is 12.1. The van der Waals surface area contributed by atoms with Gasteiger partial charge in [0.1, 0.15) is 6.04 Å². The van der Waals surface area contributed by atoms with E-state index in [2.05, 4.69) is 34.5 Å². The number of carbonyl (C=O) groups is 1. The second-order valence-corrected chi connectivity index (χ2v) is 6.80. The van der Waals surface area contributed by atoms with Crippen LogP contribution in [0.1, 0.15) is 41.6 Å². The van der Waals surface area contributed by atoms with Crippen molar-refractivity contribution in [2.75, 3.05) is 19.6 Å². The van der Waals surface area contributed by atoms with Crippen molar-refractivity contribution in [3.05, 3.63) is 71.3 Å². The Morgan fingerprint density at radius 2 is 1.68 bits per heavy atom. The molecule has 0 radical (unpaired) electrons. The van der Waals surface area contributed by atoms with E-state index >= 15 is 0 Å². The van der Waals surface area contributed by atoms with Crippen LogP contribution in [0.3, 0.4) is 0 Å². The number of nitrogens with zero attached hydrogens (tertiary/aromatic N) is 1. The van der Waals surface area contributed by atoms with E-state index in [4.69, 9.17) is 5.73 Å². The Bertz CT molecular complexity index is 678. The predicted octanol–water partition coefficient (Wildman–Crippen LogP) is 2.95. The lowest BCUT2D eigenvalue weighted by Crippen LogP contribution is -2.40. The van der Waals surface area contributed by atoms with Crippen LogP contribution in [0.15, 0.2) is 54.6 Å². The van der Waals surface area contributed by atoms with Crippen molar-refractivity contribution in [2.45, 2.75) is 31.8 Å². The third kappa shape index (κ3) is 4.47. The number of rotatable bonds is 6. The van der Waals surface area contributed by atoms with Crippen molar-refractivity contribution in [2.24, 2.45) is 5.73 Å². The van der Waals surface area contributed by atoms with Crippen LogP contribution in [0.25, 0.3) is 0 Å². The molecule has 1 saturated heterocycles. The van der Waals surface area contributed by atoms with Gasteiger partial charge in [0.2, 0.25) is 5.91 Å². The quantitative estimate of drug-likeness (QED) is 0.852. The average Bonchev–Trinajstić information content (AvgIpc) is 3.17. The van der Waals surface area contributed by atoms with Crippen LogP contribution < -0.4 is 11.1 Å². The number of aryl methyl sites for hydroxylation is 1. The van der Waals surface area contributed by atoms with Crippen LogP contribution in [0.4, 0.5) is 0 Å². The van der Waals surface area contributed by atoms with Gasteiger partial charge >= 0.3 is 0 Å². The van der Waals surface area contributed by atoms with Crippen LogP contribution >= 0.6 is 0 Å². The van der Waals surface area contributed by atoms with Crippen molar-refractivity contribution in [3.8, 4) is 0 Å². The Kier molecular flexibility index (Phi) is 5.84. The van der Waals surface area contributed by atoms with Gasteiger partial charge in [0, 0.05) is 6.54 Å². The van der Waals surface area contributed by atoms with Crippen LogP contribution in [0, 0.1) is 6.92 Å². The van der Waals surface area contributed by atoms with E-state index in [1.807, 2.05) is 37.3 Å². The zero-order valence-electron chi connectivity index (χ0n) is 14.8. The lowest BCUT2D eigenvalue weighted by atomic mass is 10.0. The van der Waals surface area contributed by atoms with Crippen molar-refractivity contribution in [1.29, 1.82) is 0 Å². The van der Waals surface area contributed by atoms with Gasteiger partial charge in [-0.15, -0.1) is 0 Å². The topological polar surface area (TPSA) is 58.4 Å². The molecule has 0 aliphatic carbocycles. The van der Waals surface area contributed by atoms with Gasteiger partial charge in [-0.2, -0.15) is 0 Å². The lowest BCUT2D eigenvalue weighted by Gasteiger charge is -2.28. The largest absolute Gasteiger partial charge is 0.353 e. The molecule has 25 heavy (non-hydrogen) atoms. The molecule has 132 valence electrons. The fourth-order valence-electron chi connectivity index (χ4n) is 3.42. The standard InChI is InChI=1S/C21H27N3O/c1-16-9-11-18(12-10-16)20(22)21(25)23-15-19(24-13-5-6-14-24)17-7-3-2-4-8-17/h2-4,7-12,19-20H,5-6,13-15,22H2,1H3,(H,23,25).